The first-order chi connectivity index (χ1) is 13.0. The van der Waals surface area contributed by atoms with Crippen LogP contribution in [-0.4, -0.2) is 46.8 Å². The van der Waals surface area contributed by atoms with Gasteiger partial charge in [-0.1, -0.05) is 17.7 Å². The number of anilines is 2. The average Bonchev–Trinajstić information content (AvgIpc) is 2.68. The lowest BCUT2D eigenvalue weighted by molar-refractivity contribution is -0.122. The monoisotopic (exact) mass is 389 g/mol. The van der Waals surface area contributed by atoms with Crippen LogP contribution in [0.4, 0.5) is 11.4 Å². The smallest absolute Gasteiger partial charge is 0.257 e. The highest BCUT2D eigenvalue weighted by Crippen LogP contribution is 2.36. The molecule has 1 aliphatic heterocycles. The van der Waals surface area contributed by atoms with Crippen LogP contribution < -0.4 is 24.6 Å². The van der Waals surface area contributed by atoms with E-state index < -0.39 is 0 Å². The van der Waals surface area contributed by atoms with E-state index in [2.05, 4.69) is 28.2 Å². The third-order valence-electron chi connectivity index (χ3n) is 4.63. The summed E-state index contributed by atoms with van der Waals surface area (Å²) < 4.78 is 11.0. The third-order valence-corrected chi connectivity index (χ3v) is 4.87. The van der Waals surface area contributed by atoms with Gasteiger partial charge in [0, 0.05) is 38.8 Å². The highest BCUT2D eigenvalue weighted by Gasteiger charge is 2.21. The van der Waals surface area contributed by atoms with Gasteiger partial charge in [0.1, 0.15) is 0 Å². The van der Waals surface area contributed by atoms with E-state index in [1.807, 2.05) is 30.3 Å². The Hall–Kier alpha value is -2.60. The zero-order valence-corrected chi connectivity index (χ0v) is 16.5. The Morgan fingerprint density at radius 2 is 1.96 bits per heavy atom. The maximum atomic E-state index is 11.4. The summed E-state index contributed by atoms with van der Waals surface area (Å²) in [5.41, 5.74) is 3.38. The molecule has 1 N–H and O–H groups in total. The molecule has 0 saturated carbocycles. The molecule has 1 amide bonds. The van der Waals surface area contributed by atoms with E-state index in [0.717, 1.165) is 35.9 Å². The molecule has 0 aliphatic carbocycles. The summed E-state index contributed by atoms with van der Waals surface area (Å²) in [6.07, 6.45) is 0. The second-order valence-corrected chi connectivity index (χ2v) is 6.86. The largest absolute Gasteiger partial charge is 0.493 e. The van der Waals surface area contributed by atoms with E-state index in [1.165, 1.54) is 5.69 Å². The van der Waals surface area contributed by atoms with E-state index in [1.54, 1.807) is 14.2 Å². The van der Waals surface area contributed by atoms with Crippen LogP contribution in [0, 0.1) is 0 Å². The normalized spacial score (nSPS) is 13.2. The van der Waals surface area contributed by atoms with Crippen LogP contribution >= 0.6 is 11.6 Å². The number of rotatable bonds is 6. The van der Waals surface area contributed by atoms with Gasteiger partial charge in [-0.3, -0.25) is 4.79 Å². The van der Waals surface area contributed by atoms with Gasteiger partial charge in [-0.2, -0.15) is 0 Å². The number of methoxy groups -OCH3 is 1. The Morgan fingerprint density at radius 1 is 1.15 bits per heavy atom. The van der Waals surface area contributed by atoms with Crippen molar-refractivity contribution in [2.75, 3.05) is 50.7 Å². The molecule has 6 nitrogen and oxygen atoms in total. The number of carbonyl (C=O) groups excluding carboxylic acids is 1. The quantitative estimate of drug-likeness (QED) is 0.823. The Bertz CT molecular complexity index is 828. The molecule has 27 heavy (non-hydrogen) atoms. The fourth-order valence-corrected chi connectivity index (χ4v) is 3.28. The minimum Gasteiger partial charge on any atom is -0.493 e. The van der Waals surface area contributed by atoms with Crippen LogP contribution in [0.3, 0.4) is 0 Å². The van der Waals surface area contributed by atoms with Crippen molar-refractivity contribution in [1.29, 1.82) is 0 Å². The number of amides is 1. The van der Waals surface area contributed by atoms with E-state index in [4.69, 9.17) is 21.1 Å². The predicted molar refractivity (Wildman–Crippen MR) is 108 cm³/mol. The molecule has 0 bridgehead atoms. The lowest BCUT2D eigenvalue weighted by Gasteiger charge is -2.37. The fraction of sp³-hybridized carbons (Fsp3) is 0.350. The van der Waals surface area contributed by atoms with E-state index in [0.29, 0.717) is 11.5 Å². The van der Waals surface area contributed by atoms with Crippen molar-refractivity contribution in [2.45, 2.75) is 6.54 Å². The molecule has 0 unspecified atom stereocenters. The number of hydrogen-bond donors (Lipinski definition) is 1. The number of fused-ring (bicyclic) bond motifs is 1. The highest BCUT2D eigenvalue weighted by atomic mass is 35.5. The van der Waals surface area contributed by atoms with Gasteiger partial charge in [0.2, 0.25) is 0 Å². The first-order valence-corrected chi connectivity index (χ1v) is 9.15. The summed E-state index contributed by atoms with van der Waals surface area (Å²) >= 11 is 6.22. The summed E-state index contributed by atoms with van der Waals surface area (Å²) in [5.74, 6) is 0.968. The average molecular weight is 390 g/mol. The van der Waals surface area contributed by atoms with Gasteiger partial charge in [-0.15, -0.1) is 0 Å². The van der Waals surface area contributed by atoms with Crippen LogP contribution in [0.15, 0.2) is 36.4 Å². The number of benzene rings is 2. The maximum Gasteiger partial charge on any atom is 0.257 e. The van der Waals surface area contributed by atoms with E-state index >= 15 is 0 Å². The van der Waals surface area contributed by atoms with E-state index in [9.17, 15) is 4.79 Å². The van der Waals surface area contributed by atoms with Crippen molar-refractivity contribution >= 4 is 28.9 Å². The first-order valence-electron chi connectivity index (χ1n) is 8.77. The molecule has 2 aromatic carbocycles. The second kappa shape index (κ2) is 8.39. The molecule has 3 rings (SSSR count). The lowest BCUT2D eigenvalue weighted by Crippen LogP contribution is -2.38. The fourth-order valence-electron chi connectivity index (χ4n) is 3.11. The van der Waals surface area contributed by atoms with Crippen molar-refractivity contribution in [3.05, 3.63) is 47.0 Å². The Kier molecular flexibility index (Phi) is 5.96. The molecule has 1 heterocycles. The minimum atomic E-state index is -0.188. The molecular formula is C20H24ClN3O3. The van der Waals surface area contributed by atoms with Gasteiger partial charge >= 0.3 is 0 Å². The van der Waals surface area contributed by atoms with Gasteiger partial charge in [-0.25, -0.2) is 0 Å². The van der Waals surface area contributed by atoms with Gasteiger partial charge in [-0.05, 0) is 35.9 Å². The number of ether oxygens (including phenoxy) is 2. The number of likely N-dealkylation sites (N-methyl/N-ethyl adjacent to an activating group) is 2. The summed E-state index contributed by atoms with van der Waals surface area (Å²) in [5, 5.41) is 3.26. The topological polar surface area (TPSA) is 54.0 Å². The number of nitrogens with one attached hydrogen (secondary N) is 1. The summed E-state index contributed by atoms with van der Waals surface area (Å²) in [6, 6.07) is 11.8. The molecule has 0 saturated heterocycles. The summed E-state index contributed by atoms with van der Waals surface area (Å²) in [7, 11) is 5.26. The lowest BCUT2D eigenvalue weighted by atomic mass is 10.1. The molecule has 0 radical (unpaired) electrons. The van der Waals surface area contributed by atoms with Crippen molar-refractivity contribution in [2.24, 2.45) is 0 Å². The van der Waals surface area contributed by atoms with Gasteiger partial charge in [0.15, 0.2) is 18.1 Å². The number of halogens is 1. The van der Waals surface area contributed by atoms with Crippen LogP contribution in [0.25, 0.3) is 0 Å². The van der Waals surface area contributed by atoms with Gasteiger partial charge in [0.05, 0.1) is 18.5 Å². The first kappa shape index (κ1) is 19.2. The van der Waals surface area contributed by atoms with Crippen molar-refractivity contribution in [3.63, 3.8) is 0 Å². The minimum absolute atomic E-state index is 0.0451. The Morgan fingerprint density at radius 3 is 2.70 bits per heavy atom. The molecule has 0 atom stereocenters. The SMILES string of the molecule is CNC(=O)COc1ccc(CN2CCN(C)c3ccc(Cl)cc32)cc1OC. The molecule has 144 valence electrons. The zero-order valence-electron chi connectivity index (χ0n) is 15.8. The number of hydrogen-bond acceptors (Lipinski definition) is 5. The Balaban J connectivity index is 1.79. The van der Waals surface area contributed by atoms with Crippen LogP contribution in [0.5, 0.6) is 11.5 Å². The highest BCUT2D eigenvalue weighted by molar-refractivity contribution is 6.31. The molecule has 0 spiro atoms. The van der Waals surface area contributed by atoms with Crippen LogP contribution in [0.2, 0.25) is 5.02 Å². The van der Waals surface area contributed by atoms with Crippen molar-refractivity contribution < 1.29 is 14.3 Å². The number of nitrogens with zero attached hydrogens (tertiary/aromatic N) is 2. The molecule has 7 heteroatoms. The predicted octanol–water partition coefficient (Wildman–Crippen LogP) is 2.93. The van der Waals surface area contributed by atoms with Crippen LogP contribution in [-0.2, 0) is 11.3 Å². The third kappa shape index (κ3) is 4.39. The molecule has 2 aromatic rings. The molecule has 0 aromatic heterocycles. The molecule has 0 fully saturated rings. The summed E-state index contributed by atoms with van der Waals surface area (Å²) in [6.45, 7) is 2.53. The van der Waals surface area contributed by atoms with E-state index in [-0.39, 0.29) is 12.5 Å². The van der Waals surface area contributed by atoms with Crippen molar-refractivity contribution in [3.8, 4) is 11.5 Å². The standard InChI is InChI=1S/C20H24ClN3O3/c1-22-20(25)13-27-18-7-4-14(10-19(18)26-3)12-24-9-8-23(2)16-6-5-15(21)11-17(16)24/h4-7,10-11H,8-9,12-13H2,1-3H3,(H,22,25). The molecule has 1 aliphatic rings. The second-order valence-electron chi connectivity index (χ2n) is 6.42. The van der Waals surface area contributed by atoms with Gasteiger partial charge in [0.25, 0.3) is 5.91 Å². The Labute approximate surface area is 164 Å². The van der Waals surface area contributed by atoms with Gasteiger partial charge < -0.3 is 24.6 Å². The maximum absolute atomic E-state index is 11.4. The van der Waals surface area contributed by atoms with Crippen LogP contribution in [0.1, 0.15) is 5.56 Å². The zero-order chi connectivity index (χ0) is 19.4. The number of carbonyl (C=O) groups is 1. The molecular weight excluding hydrogens is 366 g/mol. The summed E-state index contributed by atoms with van der Waals surface area (Å²) in [4.78, 5) is 15.9. The van der Waals surface area contributed by atoms with Crippen molar-refractivity contribution in [1.82, 2.24) is 5.32 Å².